The molecule has 0 aliphatic heterocycles. The molecule has 0 amide bonds. The Morgan fingerprint density at radius 1 is 1.00 bits per heavy atom. The van der Waals surface area contributed by atoms with Gasteiger partial charge >= 0.3 is 0 Å². The molecule has 1 unspecified atom stereocenters. The second-order valence-electron chi connectivity index (χ2n) is 8.01. The molecule has 4 aliphatic rings. The van der Waals surface area contributed by atoms with Crippen LogP contribution in [0.15, 0.2) is 0 Å². The third-order valence-corrected chi connectivity index (χ3v) is 5.41. The van der Waals surface area contributed by atoms with Crippen molar-refractivity contribution in [2.24, 2.45) is 29.6 Å². The van der Waals surface area contributed by atoms with E-state index in [-0.39, 0.29) is 11.6 Å². The van der Waals surface area contributed by atoms with Crippen LogP contribution in [-0.2, 0) is 0 Å². The molecule has 0 spiro atoms. The maximum Gasteiger partial charge on any atom is 0.0990 e. The van der Waals surface area contributed by atoms with Crippen LogP contribution in [0.1, 0.15) is 52.9 Å². The fourth-order valence-corrected chi connectivity index (χ4v) is 5.19. The number of hydrogen-bond donors (Lipinski definition) is 1. The quantitative estimate of drug-likeness (QED) is 0.811. The zero-order valence-electron chi connectivity index (χ0n) is 11.9. The maximum absolute atomic E-state index is 9.56. The van der Waals surface area contributed by atoms with Crippen LogP contribution in [0.25, 0.3) is 0 Å². The Morgan fingerprint density at radius 3 is 1.89 bits per heavy atom. The van der Waals surface area contributed by atoms with Gasteiger partial charge in [0, 0.05) is 5.54 Å². The van der Waals surface area contributed by atoms with Crippen molar-refractivity contribution in [2.75, 3.05) is 0 Å². The van der Waals surface area contributed by atoms with Gasteiger partial charge in [-0.3, -0.25) is 5.32 Å². The Hall–Kier alpha value is -0.550. The molecule has 0 saturated heterocycles. The largest absolute Gasteiger partial charge is 0.297 e. The first kappa shape index (κ1) is 12.5. The van der Waals surface area contributed by atoms with Crippen molar-refractivity contribution in [3.63, 3.8) is 0 Å². The van der Waals surface area contributed by atoms with E-state index >= 15 is 0 Å². The summed E-state index contributed by atoms with van der Waals surface area (Å²) in [6.45, 7) is 6.52. The molecule has 18 heavy (non-hydrogen) atoms. The summed E-state index contributed by atoms with van der Waals surface area (Å²) in [4.78, 5) is 0. The zero-order valence-corrected chi connectivity index (χ0v) is 11.9. The van der Waals surface area contributed by atoms with Gasteiger partial charge in [-0.25, -0.2) is 0 Å². The highest BCUT2D eigenvalue weighted by Crippen LogP contribution is 2.57. The van der Waals surface area contributed by atoms with E-state index in [4.69, 9.17) is 0 Å². The summed E-state index contributed by atoms with van der Waals surface area (Å²) in [5, 5.41) is 13.1. The lowest BCUT2D eigenvalue weighted by atomic mass is 9.50. The van der Waals surface area contributed by atoms with E-state index in [0.29, 0.717) is 5.92 Å². The van der Waals surface area contributed by atoms with E-state index < -0.39 is 0 Å². The van der Waals surface area contributed by atoms with Crippen LogP contribution in [0.5, 0.6) is 0 Å². The van der Waals surface area contributed by atoms with Gasteiger partial charge in [0.05, 0.1) is 12.1 Å². The van der Waals surface area contributed by atoms with E-state index in [1.165, 1.54) is 32.1 Å². The third kappa shape index (κ3) is 2.18. The van der Waals surface area contributed by atoms with E-state index in [1.807, 2.05) is 0 Å². The topological polar surface area (TPSA) is 35.8 Å². The number of rotatable bonds is 2. The van der Waals surface area contributed by atoms with Crippen molar-refractivity contribution in [2.45, 2.75) is 64.5 Å². The SMILES string of the molecule is CC(C)(C)NC(C#N)C1C2CC3CC(C2)CC1C3. The summed E-state index contributed by atoms with van der Waals surface area (Å²) in [6.07, 6.45) is 7.11. The van der Waals surface area contributed by atoms with Crippen LogP contribution >= 0.6 is 0 Å². The molecule has 4 fully saturated rings. The zero-order chi connectivity index (χ0) is 12.9. The van der Waals surface area contributed by atoms with Crippen molar-refractivity contribution in [3.8, 4) is 6.07 Å². The second-order valence-corrected chi connectivity index (χ2v) is 8.01. The number of nitrogens with one attached hydrogen (secondary N) is 1. The molecule has 0 radical (unpaired) electrons. The lowest BCUT2D eigenvalue weighted by molar-refractivity contribution is -0.0468. The van der Waals surface area contributed by atoms with E-state index in [0.717, 1.165) is 23.7 Å². The Balaban J connectivity index is 1.77. The van der Waals surface area contributed by atoms with Gasteiger partial charge in [0.25, 0.3) is 0 Å². The first-order valence-electron chi connectivity index (χ1n) is 7.63. The Labute approximate surface area is 111 Å². The minimum absolute atomic E-state index is 0.0507. The summed E-state index contributed by atoms with van der Waals surface area (Å²) < 4.78 is 0. The lowest BCUT2D eigenvalue weighted by Crippen LogP contribution is -2.55. The first-order chi connectivity index (χ1) is 8.46. The number of nitriles is 1. The van der Waals surface area contributed by atoms with Gasteiger partial charge in [0.1, 0.15) is 0 Å². The predicted octanol–water partition coefficient (Wildman–Crippen LogP) is 3.34. The van der Waals surface area contributed by atoms with Crippen LogP contribution < -0.4 is 5.32 Å². The smallest absolute Gasteiger partial charge is 0.0990 e. The van der Waals surface area contributed by atoms with Gasteiger partial charge in [0.2, 0.25) is 0 Å². The van der Waals surface area contributed by atoms with Crippen molar-refractivity contribution < 1.29 is 0 Å². The van der Waals surface area contributed by atoms with Crippen LogP contribution in [0.2, 0.25) is 0 Å². The molecule has 100 valence electrons. The summed E-state index contributed by atoms with van der Waals surface area (Å²) in [7, 11) is 0. The molecule has 1 atom stereocenters. The van der Waals surface area contributed by atoms with E-state index in [1.54, 1.807) is 0 Å². The monoisotopic (exact) mass is 246 g/mol. The van der Waals surface area contributed by atoms with Crippen molar-refractivity contribution >= 4 is 0 Å². The summed E-state index contributed by atoms with van der Waals surface area (Å²) >= 11 is 0. The summed E-state index contributed by atoms with van der Waals surface area (Å²) in [5.74, 6) is 4.29. The lowest BCUT2D eigenvalue weighted by Gasteiger charge is -2.56. The molecule has 1 N–H and O–H groups in total. The van der Waals surface area contributed by atoms with Gasteiger partial charge in [-0.15, -0.1) is 0 Å². The normalized spacial score (nSPS) is 43.8. The molecule has 4 rings (SSSR count). The predicted molar refractivity (Wildman–Crippen MR) is 72.8 cm³/mol. The second kappa shape index (κ2) is 4.23. The summed E-state index contributed by atoms with van der Waals surface area (Å²) in [5.41, 5.74) is 0.0507. The minimum atomic E-state index is 0.0507. The van der Waals surface area contributed by atoms with Gasteiger partial charge < -0.3 is 0 Å². The van der Waals surface area contributed by atoms with Crippen LogP contribution in [-0.4, -0.2) is 11.6 Å². The first-order valence-corrected chi connectivity index (χ1v) is 7.63. The van der Waals surface area contributed by atoms with Gasteiger partial charge in [0.15, 0.2) is 0 Å². The Bertz CT molecular complexity index is 332. The number of hydrogen-bond acceptors (Lipinski definition) is 2. The fraction of sp³-hybridized carbons (Fsp3) is 0.938. The standard InChI is InChI=1S/C16H26N2/c1-16(2,3)18-14(9-17)15-12-5-10-4-11(7-12)8-13(15)6-10/h10-15,18H,4-8H2,1-3H3. The van der Waals surface area contributed by atoms with Gasteiger partial charge in [-0.1, -0.05) is 0 Å². The van der Waals surface area contributed by atoms with Crippen LogP contribution in [0.3, 0.4) is 0 Å². The molecule has 4 aliphatic carbocycles. The van der Waals surface area contributed by atoms with Crippen LogP contribution in [0, 0.1) is 40.9 Å². The average molecular weight is 246 g/mol. The molecule has 0 aromatic rings. The summed E-state index contributed by atoms with van der Waals surface area (Å²) in [6, 6.07) is 2.64. The van der Waals surface area contributed by atoms with Crippen molar-refractivity contribution in [1.82, 2.24) is 5.32 Å². The maximum atomic E-state index is 9.56. The molecular formula is C16H26N2. The Morgan fingerprint density at radius 2 is 1.50 bits per heavy atom. The highest BCUT2D eigenvalue weighted by Gasteiger charge is 2.50. The van der Waals surface area contributed by atoms with Crippen molar-refractivity contribution in [1.29, 1.82) is 5.26 Å². The molecule has 2 nitrogen and oxygen atoms in total. The van der Waals surface area contributed by atoms with E-state index in [9.17, 15) is 5.26 Å². The molecular weight excluding hydrogens is 220 g/mol. The van der Waals surface area contributed by atoms with E-state index in [2.05, 4.69) is 32.2 Å². The highest BCUT2D eigenvalue weighted by molar-refractivity contribution is 5.08. The fourth-order valence-electron chi connectivity index (χ4n) is 5.19. The van der Waals surface area contributed by atoms with Crippen molar-refractivity contribution in [3.05, 3.63) is 0 Å². The molecule has 0 aromatic heterocycles. The highest BCUT2D eigenvalue weighted by atomic mass is 15.0. The molecule has 0 aromatic carbocycles. The molecule has 0 heterocycles. The molecule has 4 saturated carbocycles. The molecule has 2 heteroatoms. The minimum Gasteiger partial charge on any atom is -0.297 e. The third-order valence-electron chi connectivity index (χ3n) is 5.41. The number of nitrogens with zero attached hydrogens (tertiary/aromatic N) is 1. The average Bonchev–Trinajstić information content (AvgIpc) is 2.24. The molecule has 4 bridgehead atoms. The van der Waals surface area contributed by atoms with Crippen LogP contribution in [0.4, 0.5) is 0 Å². The van der Waals surface area contributed by atoms with Gasteiger partial charge in [-0.05, 0) is 82.5 Å². The Kier molecular flexibility index (Phi) is 2.94. The van der Waals surface area contributed by atoms with Gasteiger partial charge in [-0.2, -0.15) is 5.26 Å².